The van der Waals surface area contributed by atoms with Crippen LogP contribution < -0.4 is 14.8 Å². The number of esters is 1. The van der Waals surface area contributed by atoms with Crippen LogP contribution in [0.3, 0.4) is 0 Å². The third-order valence-electron chi connectivity index (χ3n) is 7.01. The Morgan fingerprint density at radius 3 is 2.82 bits per heavy atom. The molecule has 1 saturated heterocycles. The summed E-state index contributed by atoms with van der Waals surface area (Å²) in [6.45, 7) is 4.51. The van der Waals surface area contributed by atoms with Crippen LogP contribution in [0.5, 0.6) is 11.5 Å². The van der Waals surface area contributed by atoms with Crippen LogP contribution in [0, 0.1) is 23.1 Å². The van der Waals surface area contributed by atoms with Crippen molar-refractivity contribution in [3.05, 3.63) is 47.5 Å². The van der Waals surface area contributed by atoms with Gasteiger partial charge in [0, 0.05) is 18.4 Å². The van der Waals surface area contributed by atoms with Gasteiger partial charge >= 0.3 is 5.97 Å². The Labute approximate surface area is 189 Å². The number of nitrogens with zero attached hydrogens (tertiary/aromatic N) is 2. The molecule has 2 N–H and O–H groups in total. The van der Waals surface area contributed by atoms with Crippen molar-refractivity contribution >= 4 is 17.6 Å². The Hall–Kier alpha value is -3.40. The average Bonchev–Trinajstić information content (AvgIpc) is 3.23. The molecule has 0 bridgehead atoms. The molecule has 4 atom stereocenters. The van der Waals surface area contributed by atoms with E-state index in [1.807, 2.05) is 0 Å². The molecule has 1 aromatic carbocycles. The zero-order chi connectivity index (χ0) is 23.5. The van der Waals surface area contributed by atoms with Crippen molar-refractivity contribution in [2.45, 2.75) is 26.1 Å². The number of hydrogen-bond donors (Lipinski definition) is 2. The van der Waals surface area contributed by atoms with Crippen LogP contribution in [0.2, 0.25) is 0 Å². The van der Waals surface area contributed by atoms with E-state index in [9.17, 15) is 19.1 Å². The fourth-order valence-electron chi connectivity index (χ4n) is 5.21. The lowest BCUT2D eigenvalue weighted by Crippen LogP contribution is -2.50. The lowest BCUT2D eigenvalue weighted by Gasteiger charge is -2.34. The highest BCUT2D eigenvalue weighted by Crippen LogP contribution is 2.65. The molecule has 10 heteroatoms. The molecule has 3 heterocycles. The van der Waals surface area contributed by atoms with Gasteiger partial charge in [-0.25, -0.2) is 14.2 Å². The number of benzene rings is 1. The third kappa shape index (κ3) is 3.36. The highest BCUT2D eigenvalue weighted by molar-refractivity contribution is 5.98. The summed E-state index contributed by atoms with van der Waals surface area (Å²) in [6, 6.07) is 5.10. The van der Waals surface area contributed by atoms with E-state index < -0.39 is 24.1 Å². The van der Waals surface area contributed by atoms with Crippen LogP contribution in [0.1, 0.15) is 34.7 Å². The largest absolute Gasteiger partial charge is 0.464 e. The van der Waals surface area contributed by atoms with Gasteiger partial charge in [-0.3, -0.25) is 4.79 Å². The van der Waals surface area contributed by atoms with Crippen LogP contribution in [0.15, 0.2) is 30.5 Å². The van der Waals surface area contributed by atoms with Gasteiger partial charge in [0.2, 0.25) is 12.5 Å². The number of piperidine rings is 1. The average molecular weight is 457 g/mol. The summed E-state index contributed by atoms with van der Waals surface area (Å²) in [7, 11) is 1.26. The Kier molecular flexibility index (Phi) is 4.93. The minimum atomic E-state index is -1.12. The third-order valence-corrected chi connectivity index (χ3v) is 7.01. The number of fused-ring (bicyclic) bond motifs is 2. The number of carbonyl (C=O) groups excluding carboxylic acids is 2. The van der Waals surface area contributed by atoms with E-state index >= 15 is 0 Å². The molecule has 1 aromatic heterocycles. The summed E-state index contributed by atoms with van der Waals surface area (Å²) in [6.07, 6.45) is 0.311. The number of likely N-dealkylation sites (tertiary alicyclic amines) is 1. The molecule has 2 aromatic rings. The maximum absolute atomic E-state index is 14.0. The quantitative estimate of drug-likeness (QED) is 0.520. The number of rotatable bonds is 5. The molecule has 1 aliphatic carbocycles. The van der Waals surface area contributed by atoms with E-state index in [2.05, 4.69) is 24.1 Å². The van der Waals surface area contributed by atoms with Crippen LogP contribution in [-0.4, -0.2) is 59.6 Å². The zero-order valence-corrected chi connectivity index (χ0v) is 18.4. The van der Waals surface area contributed by atoms with E-state index in [4.69, 9.17) is 14.2 Å². The second-order valence-corrected chi connectivity index (χ2v) is 9.07. The summed E-state index contributed by atoms with van der Waals surface area (Å²) < 4.78 is 29.3. The van der Waals surface area contributed by atoms with E-state index in [-0.39, 0.29) is 52.7 Å². The lowest BCUT2D eigenvalue weighted by molar-refractivity contribution is 0.0415. The Bertz CT molecular complexity index is 1140. The molecule has 3 aliphatic rings. The predicted molar refractivity (Wildman–Crippen MR) is 113 cm³/mol. The smallest absolute Gasteiger partial charge is 0.356 e. The number of methoxy groups -OCH3 is 1. The molecule has 0 radical (unpaired) electrons. The Morgan fingerprint density at radius 2 is 2.06 bits per heavy atom. The fourth-order valence-corrected chi connectivity index (χ4v) is 5.21. The van der Waals surface area contributed by atoms with Crippen molar-refractivity contribution in [3.63, 3.8) is 0 Å². The molecule has 2 fully saturated rings. The SMILES string of the molecule is COC(=O)c1cc(NC(O)[C@@H]2[C@@H]3[C@H](CN2C(=O)c2ccc(F)c4c2OCO4)C3(C)C)ccn1. The molecule has 2 aliphatic heterocycles. The van der Waals surface area contributed by atoms with Crippen molar-refractivity contribution in [3.8, 4) is 11.5 Å². The maximum Gasteiger partial charge on any atom is 0.356 e. The molecule has 0 spiro atoms. The van der Waals surface area contributed by atoms with E-state index in [1.165, 1.54) is 31.5 Å². The van der Waals surface area contributed by atoms with E-state index in [1.54, 1.807) is 11.0 Å². The molecular formula is C23H24FN3O6. The first kappa shape index (κ1) is 21.4. The highest BCUT2D eigenvalue weighted by Gasteiger charge is 2.69. The monoisotopic (exact) mass is 457 g/mol. The van der Waals surface area contributed by atoms with Gasteiger partial charge in [0.25, 0.3) is 5.91 Å². The normalized spacial score (nSPS) is 24.8. The summed E-state index contributed by atoms with van der Waals surface area (Å²) >= 11 is 0. The van der Waals surface area contributed by atoms with Crippen LogP contribution in [0.4, 0.5) is 10.1 Å². The first-order valence-electron chi connectivity index (χ1n) is 10.6. The molecule has 174 valence electrons. The van der Waals surface area contributed by atoms with Gasteiger partial charge in [-0.1, -0.05) is 13.8 Å². The van der Waals surface area contributed by atoms with Crippen molar-refractivity contribution in [2.24, 2.45) is 17.3 Å². The van der Waals surface area contributed by atoms with Crippen molar-refractivity contribution in [2.75, 3.05) is 25.8 Å². The number of hydrogen-bond acceptors (Lipinski definition) is 8. The number of ether oxygens (including phenoxy) is 3. The van der Waals surface area contributed by atoms with E-state index in [0.29, 0.717) is 12.2 Å². The van der Waals surface area contributed by atoms with Gasteiger partial charge in [0.1, 0.15) is 11.9 Å². The molecule has 9 nitrogen and oxygen atoms in total. The summed E-state index contributed by atoms with van der Waals surface area (Å²) in [5, 5.41) is 14.2. The lowest BCUT2D eigenvalue weighted by atomic mass is 9.98. The van der Waals surface area contributed by atoms with Crippen LogP contribution in [-0.2, 0) is 4.74 Å². The number of anilines is 1. The van der Waals surface area contributed by atoms with Gasteiger partial charge < -0.3 is 29.5 Å². The minimum Gasteiger partial charge on any atom is -0.464 e. The van der Waals surface area contributed by atoms with Crippen LogP contribution in [0.25, 0.3) is 0 Å². The van der Waals surface area contributed by atoms with Gasteiger partial charge in [-0.05, 0) is 41.5 Å². The van der Waals surface area contributed by atoms with Gasteiger partial charge in [0.05, 0.1) is 18.7 Å². The summed E-state index contributed by atoms with van der Waals surface area (Å²) in [5.41, 5.74) is 0.713. The first-order chi connectivity index (χ1) is 15.7. The maximum atomic E-state index is 14.0. The zero-order valence-electron chi connectivity index (χ0n) is 18.4. The Morgan fingerprint density at radius 1 is 1.30 bits per heavy atom. The number of aromatic nitrogens is 1. The second kappa shape index (κ2) is 7.58. The number of halogens is 1. The van der Waals surface area contributed by atoms with Gasteiger partial charge in [-0.15, -0.1) is 0 Å². The number of carbonyl (C=O) groups is 2. The predicted octanol–water partition coefficient (Wildman–Crippen LogP) is 2.26. The van der Waals surface area contributed by atoms with Crippen molar-refractivity contribution in [1.82, 2.24) is 9.88 Å². The highest BCUT2D eigenvalue weighted by atomic mass is 19.1. The summed E-state index contributed by atoms with van der Waals surface area (Å²) in [4.78, 5) is 30.9. The van der Waals surface area contributed by atoms with Gasteiger partial charge in [-0.2, -0.15) is 0 Å². The second-order valence-electron chi connectivity index (χ2n) is 9.07. The van der Waals surface area contributed by atoms with Crippen molar-refractivity contribution in [1.29, 1.82) is 0 Å². The molecule has 1 saturated carbocycles. The number of aliphatic hydroxyl groups excluding tert-OH is 1. The fraction of sp³-hybridized carbons (Fsp3) is 0.435. The standard InChI is InChI=1S/C23H24FN3O6/c1-23(2)13-9-27(21(29)12-4-5-14(24)19-18(12)32-10-33-19)17(16(13)23)20(28)26-11-6-7-25-15(8-11)22(30)31-3/h4-8,13,16-17,20,28H,9-10H2,1-3H3,(H,25,26)/t13-,16-,17-,20?/m0/s1. The Balaban J connectivity index is 1.42. The topological polar surface area (TPSA) is 110 Å². The van der Waals surface area contributed by atoms with Crippen molar-refractivity contribution < 1.29 is 33.3 Å². The van der Waals surface area contributed by atoms with Gasteiger partial charge in [0.15, 0.2) is 11.6 Å². The first-order valence-corrected chi connectivity index (χ1v) is 10.6. The number of nitrogens with one attached hydrogen (secondary N) is 1. The number of amides is 1. The molecule has 5 rings (SSSR count). The van der Waals surface area contributed by atoms with E-state index in [0.717, 1.165) is 0 Å². The number of aliphatic hydroxyl groups is 1. The summed E-state index contributed by atoms with van der Waals surface area (Å²) in [5.74, 6) is -1.27. The minimum absolute atomic E-state index is 0.0378. The number of pyridine rings is 1. The molecule has 1 unspecified atom stereocenters. The molecule has 1 amide bonds. The van der Waals surface area contributed by atoms with Crippen LogP contribution >= 0.6 is 0 Å². The molecule has 33 heavy (non-hydrogen) atoms. The molecular weight excluding hydrogens is 433 g/mol.